The summed E-state index contributed by atoms with van der Waals surface area (Å²) in [6.45, 7) is 1.43. The van der Waals surface area contributed by atoms with E-state index in [1.165, 1.54) is 0 Å². The Labute approximate surface area is 147 Å². The molecule has 2 aromatic carbocycles. The van der Waals surface area contributed by atoms with E-state index in [4.69, 9.17) is 9.47 Å². The highest BCUT2D eigenvalue weighted by Gasteiger charge is 2.26. The number of halogens is 3. The van der Waals surface area contributed by atoms with Crippen molar-refractivity contribution in [2.24, 2.45) is 0 Å². The van der Waals surface area contributed by atoms with Crippen molar-refractivity contribution in [1.82, 2.24) is 5.32 Å². The van der Waals surface area contributed by atoms with Gasteiger partial charge in [0.05, 0.1) is 18.8 Å². The average molecular weight is 363 g/mol. The van der Waals surface area contributed by atoms with Crippen LogP contribution in [-0.2, 0) is 19.3 Å². The first-order chi connectivity index (χ1) is 12.6. The molecule has 4 nitrogen and oxygen atoms in total. The Morgan fingerprint density at radius 2 is 1.88 bits per heavy atom. The van der Waals surface area contributed by atoms with E-state index in [2.05, 4.69) is 5.32 Å². The Hall–Kier alpha value is -2.70. The van der Waals surface area contributed by atoms with Crippen LogP contribution in [0.25, 0.3) is 0 Å². The number of fused-ring (bicyclic) bond motifs is 2. The van der Waals surface area contributed by atoms with E-state index >= 15 is 0 Å². The van der Waals surface area contributed by atoms with Gasteiger partial charge in [0.25, 0.3) is 5.91 Å². The third kappa shape index (κ3) is 2.77. The minimum Gasteiger partial charge on any atom is -0.493 e. The molecular weight excluding hydrogens is 347 g/mol. The Balaban J connectivity index is 1.49. The Morgan fingerprint density at radius 3 is 2.73 bits per heavy atom. The molecule has 26 heavy (non-hydrogen) atoms. The first-order valence-electron chi connectivity index (χ1n) is 8.41. The molecule has 0 unspecified atom stereocenters. The number of ether oxygens (including phenoxy) is 2. The van der Waals surface area contributed by atoms with Crippen LogP contribution in [0, 0.1) is 17.5 Å². The summed E-state index contributed by atoms with van der Waals surface area (Å²) < 4.78 is 51.3. The van der Waals surface area contributed by atoms with E-state index in [1.54, 1.807) is 0 Å². The number of rotatable bonds is 4. The Morgan fingerprint density at radius 1 is 1.08 bits per heavy atom. The predicted octanol–water partition coefficient (Wildman–Crippen LogP) is 2.95. The van der Waals surface area contributed by atoms with Crippen LogP contribution in [0.2, 0.25) is 0 Å². The quantitative estimate of drug-likeness (QED) is 0.850. The van der Waals surface area contributed by atoms with Crippen LogP contribution in [0.1, 0.15) is 27.0 Å². The van der Waals surface area contributed by atoms with Gasteiger partial charge in [-0.3, -0.25) is 4.79 Å². The molecule has 0 fully saturated rings. The van der Waals surface area contributed by atoms with Crippen molar-refractivity contribution in [2.75, 3.05) is 19.8 Å². The number of nitrogens with one attached hydrogen (secondary N) is 1. The van der Waals surface area contributed by atoms with Crippen LogP contribution in [-0.4, -0.2) is 25.7 Å². The van der Waals surface area contributed by atoms with E-state index < -0.39 is 28.9 Å². The maximum Gasteiger partial charge on any atom is 0.254 e. The zero-order valence-corrected chi connectivity index (χ0v) is 13.8. The first-order valence-corrected chi connectivity index (χ1v) is 8.41. The van der Waals surface area contributed by atoms with Crippen molar-refractivity contribution in [3.63, 3.8) is 0 Å². The maximum atomic E-state index is 13.7. The summed E-state index contributed by atoms with van der Waals surface area (Å²) in [7, 11) is 0. The standard InChI is InChI=1S/C19H16F3NO3/c20-14-2-1-13(16(21)17(14)22)19(24)23-6-3-12-11-5-8-25-15(11)9-10-4-7-26-18(10)12/h1-2,9H,3-8H2,(H,23,24). The highest BCUT2D eigenvalue weighted by molar-refractivity contribution is 5.94. The topological polar surface area (TPSA) is 47.6 Å². The molecule has 0 radical (unpaired) electrons. The monoisotopic (exact) mass is 363 g/mol. The fourth-order valence-corrected chi connectivity index (χ4v) is 3.45. The summed E-state index contributed by atoms with van der Waals surface area (Å²) in [5.74, 6) is -3.57. The van der Waals surface area contributed by atoms with Gasteiger partial charge in [0.1, 0.15) is 11.5 Å². The van der Waals surface area contributed by atoms with E-state index in [0.29, 0.717) is 19.6 Å². The van der Waals surface area contributed by atoms with E-state index in [0.717, 1.165) is 53.2 Å². The maximum absolute atomic E-state index is 13.7. The second-order valence-electron chi connectivity index (χ2n) is 6.25. The summed E-state index contributed by atoms with van der Waals surface area (Å²) in [5, 5.41) is 2.55. The summed E-state index contributed by atoms with van der Waals surface area (Å²) >= 11 is 0. The fraction of sp³-hybridized carbons (Fsp3) is 0.316. The molecule has 2 aromatic rings. The lowest BCUT2D eigenvalue weighted by Gasteiger charge is -2.13. The van der Waals surface area contributed by atoms with E-state index in [1.807, 2.05) is 6.07 Å². The third-order valence-corrected chi connectivity index (χ3v) is 4.70. The molecule has 0 bridgehead atoms. The number of amides is 1. The average Bonchev–Trinajstić information content (AvgIpc) is 3.28. The van der Waals surface area contributed by atoms with Crippen LogP contribution in [0.3, 0.4) is 0 Å². The van der Waals surface area contributed by atoms with Crippen LogP contribution >= 0.6 is 0 Å². The second kappa shape index (κ2) is 6.55. The van der Waals surface area contributed by atoms with Crippen molar-refractivity contribution >= 4 is 5.91 Å². The van der Waals surface area contributed by atoms with Gasteiger partial charge in [0.15, 0.2) is 17.5 Å². The number of benzene rings is 2. The van der Waals surface area contributed by atoms with Crippen LogP contribution in [0.4, 0.5) is 13.2 Å². The zero-order chi connectivity index (χ0) is 18.3. The summed E-state index contributed by atoms with van der Waals surface area (Å²) in [5.41, 5.74) is 2.61. The lowest BCUT2D eigenvalue weighted by Crippen LogP contribution is -2.27. The molecule has 136 valence electrons. The van der Waals surface area contributed by atoms with Gasteiger partial charge >= 0.3 is 0 Å². The van der Waals surface area contributed by atoms with Gasteiger partial charge in [0, 0.05) is 36.1 Å². The smallest absolute Gasteiger partial charge is 0.254 e. The number of carbonyl (C=O) groups excluding carboxylic acids is 1. The number of hydrogen-bond acceptors (Lipinski definition) is 3. The normalized spacial score (nSPS) is 14.4. The van der Waals surface area contributed by atoms with Gasteiger partial charge in [-0.15, -0.1) is 0 Å². The van der Waals surface area contributed by atoms with Gasteiger partial charge in [-0.2, -0.15) is 0 Å². The summed E-state index contributed by atoms with van der Waals surface area (Å²) in [4.78, 5) is 12.1. The van der Waals surface area contributed by atoms with Crippen molar-refractivity contribution < 1.29 is 27.4 Å². The molecule has 2 aliphatic rings. The molecule has 4 rings (SSSR count). The molecule has 0 atom stereocenters. The highest BCUT2D eigenvalue weighted by Crippen LogP contribution is 2.40. The molecular formula is C19H16F3NO3. The largest absolute Gasteiger partial charge is 0.493 e. The van der Waals surface area contributed by atoms with Crippen LogP contribution < -0.4 is 14.8 Å². The van der Waals surface area contributed by atoms with Gasteiger partial charge in [0.2, 0.25) is 0 Å². The third-order valence-electron chi connectivity index (χ3n) is 4.70. The van der Waals surface area contributed by atoms with Gasteiger partial charge < -0.3 is 14.8 Å². The first kappa shape index (κ1) is 16.8. The molecule has 1 amide bonds. The molecule has 7 heteroatoms. The Bertz CT molecular complexity index is 866. The molecule has 2 heterocycles. The molecule has 0 saturated heterocycles. The SMILES string of the molecule is O=C(NCCc1c2c(cc3c1OCC3)OCC2)c1ccc(F)c(F)c1F. The summed E-state index contributed by atoms with van der Waals surface area (Å²) in [6, 6.07) is 3.66. The second-order valence-corrected chi connectivity index (χ2v) is 6.25. The van der Waals surface area contributed by atoms with Gasteiger partial charge in [-0.05, 0) is 24.6 Å². The molecule has 0 saturated carbocycles. The van der Waals surface area contributed by atoms with Gasteiger partial charge in [-0.25, -0.2) is 13.2 Å². The number of hydrogen-bond donors (Lipinski definition) is 1. The fourth-order valence-electron chi connectivity index (χ4n) is 3.45. The summed E-state index contributed by atoms with van der Waals surface area (Å²) in [6.07, 6.45) is 2.06. The zero-order valence-electron chi connectivity index (χ0n) is 13.8. The van der Waals surface area contributed by atoms with Gasteiger partial charge in [-0.1, -0.05) is 0 Å². The molecule has 0 aliphatic carbocycles. The van der Waals surface area contributed by atoms with Crippen molar-refractivity contribution in [3.8, 4) is 11.5 Å². The van der Waals surface area contributed by atoms with Crippen LogP contribution in [0.5, 0.6) is 11.5 Å². The lowest BCUT2D eigenvalue weighted by molar-refractivity contribution is 0.0948. The molecule has 2 aliphatic heterocycles. The van der Waals surface area contributed by atoms with Crippen LogP contribution in [0.15, 0.2) is 18.2 Å². The lowest BCUT2D eigenvalue weighted by atomic mass is 9.97. The van der Waals surface area contributed by atoms with Crippen molar-refractivity contribution in [2.45, 2.75) is 19.3 Å². The molecule has 0 aromatic heterocycles. The predicted molar refractivity (Wildman–Crippen MR) is 87.2 cm³/mol. The van der Waals surface area contributed by atoms with E-state index in [9.17, 15) is 18.0 Å². The minimum atomic E-state index is -1.65. The van der Waals surface area contributed by atoms with E-state index in [-0.39, 0.29) is 6.54 Å². The van der Waals surface area contributed by atoms with Crippen molar-refractivity contribution in [1.29, 1.82) is 0 Å². The minimum absolute atomic E-state index is 0.212. The Kier molecular flexibility index (Phi) is 4.22. The van der Waals surface area contributed by atoms with Crippen molar-refractivity contribution in [3.05, 3.63) is 57.9 Å². The number of carbonyl (C=O) groups is 1. The molecule has 0 spiro atoms. The highest BCUT2D eigenvalue weighted by atomic mass is 19.2. The molecule has 1 N–H and O–H groups in total.